The zero-order chi connectivity index (χ0) is 17.9. The van der Waals surface area contributed by atoms with Gasteiger partial charge in [0, 0.05) is 25.4 Å². The molecular weight excluding hydrogens is 312 g/mol. The number of aliphatic hydroxyl groups is 1. The van der Waals surface area contributed by atoms with E-state index < -0.39 is 5.60 Å². The Balaban J connectivity index is 1.68. The molecule has 0 aromatic rings. The van der Waals surface area contributed by atoms with Crippen LogP contribution in [-0.4, -0.2) is 29.2 Å². The van der Waals surface area contributed by atoms with Crippen LogP contribution < -0.4 is 0 Å². The number of hydrogen-bond donors (Lipinski definition) is 1. The molecule has 3 fully saturated rings. The Kier molecular flexibility index (Phi) is 3.94. The summed E-state index contributed by atoms with van der Waals surface area (Å²) in [7, 11) is 1.79. The molecule has 3 heteroatoms. The number of carbonyl (C=O) groups excluding carboxylic acids is 1. The zero-order valence-electron chi connectivity index (χ0n) is 15.5. The van der Waals surface area contributed by atoms with Crippen molar-refractivity contribution in [3.8, 4) is 12.3 Å². The maximum atomic E-state index is 12.1. The smallest absolute Gasteiger partial charge is 0.149 e. The molecule has 0 aromatic heterocycles. The van der Waals surface area contributed by atoms with Gasteiger partial charge in [0.05, 0.1) is 5.60 Å². The molecule has 0 heterocycles. The SMILES string of the molecule is C#CC1(O)C=CC2C3CCC4(OC)CC(=O)CCC4C3CCC21CC. The Labute approximate surface area is 151 Å². The van der Waals surface area contributed by atoms with Crippen LogP contribution in [-0.2, 0) is 9.53 Å². The minimum absolute atomic E-state index is 0.208. The van der Waals surface area contributed by atoms with Crippen molar-refractivity contribution in [3.05, 3.63) is 12.2 Å². The molecule has 0 saturated heterocycles. The minimum atomic E-state index is -1.10. The third kappa shape index (κ3) is 2.10. The number of hydrogen-bond acceptors (Lipinski definition) is 3. The molecular formula is C22H30O3. The monoisotopic (exact) mass is 342 g/mol. The predicted molar refractivity (Wildman–Crippen MR) is 96.7 cm³/mol. The van der Waals surface area contributed by atoms with E-state index in [1.807, 2.05) is 6.08 Å². The summed E-state index contributed by atoms with van der Waals surface area (Å²) in [6.45, 7) is 2.17. The number of ether oxygens (including phenoxy) is 1. The van der Waals surface area contributed by atoms with Crippen LogP contribution in [0.25, 0.3) is 0 Å². The predicted octanol–water partition coefficient (Wildman–Crippen LogP) is 3.51. The van der Waals surface area contributed by atoms with E-state index >= 15 is 0 Å². The van der Waals surface area contributed by atoms with Gasteiger partial charge in [-0.25, -0.2) is 0 Å². The molecule has 136 valence electrons. The Morgan fingerprint density at radius 3 is 2.76 bits per heavy atom. The fourth-order valence-electron chi connectivity index (χ4n) is 7.18. The Morgan fingerprint density at radius 1 is 1.32 bits per heavy atom. The van der Waals surface area contributed by atoms with Crippen LogP contribution in [0.3, 0.4) is 0 Å². The summed E-state index contributed by atoms with van der Waals surface area (Å²) >= 11 is 0. The van der Waals surface area contributed by atoms with Gasteiger partial charge in [0.15, 0.2) is 0 Å². The average Bonchev–Trinajstić information content (AvgIpc) is 2.95. The molecule has 4 rings (SSSR count). The maximum Gasteiger partial charge on any atom is 0.149 e. The molecule has 3 saturated carbocycles. The van der Waals surface area contributed by atoms with E-state index in [0.717, 1.165) is 38.5 Å². The lowest BCUT2D eigenvalue weighted by Gasteiger charge is -2.59. The zero-order valence-corrected chi connectivity index (χ0v) is 15.5. The largest absolute Gasteiger partial charge is 0.377 e. The third-order valence-corrected chi connectivity index (χ3v) is 8.46. The molecule has 0 aliphatic heterocycles. The number of methoxy groups -OCH3 is 1. The Morgan fingerprint density at radius 2 is 2.08 bits per heavy atom. The minimum Gasteiger partial charge on any atom is -0.377 e. The first kappa shape index (κ1) is 17.3. The lowest BCUT2D eigenvalue weighted by atomic mass is 9.47. The fraction of sp³-hybridized carbons (Fsp3) is 0.773. The van der Waals surface area contributed by atoms with Crippen molar-refractivity contribution < 1.29 is 14.6 Å². The van der Waals surface area contributed by atoms with Gasteiger partial charge in [0.2, 0.25) is 0 Å². The second-order valence-electron chi connectivity index (χ2n) is 8.84. The van der Waals surface area contributed by atoms with Crippen molar-refractivity contribution in [1.29, 1.82) is 0 Å². The van der Waals surface area contributed by atoms with E-state index in [2.05, 4.69) is 18.9 Å². The number of Topliss-reactive ketones (excluding diaryl/α,β-unsaturated/α-hetero) is 1. The summed E-state index contributed by atoms with van der Waals surface area (Å²) < 4.78 is 6.01. The summed E-state index contributed by atoms with van der Waals surface area (Å²) in [6.07, 6.45) is 17.1. The van der Waals surface area contributed by atoms with Gasteiger partial charge in [-0.15, -0.1) is 6.42 Å². The van der Waals surface area contributed by atoms with Crippen molar-refractivity contribution >= 4 is 5.78 Å². The van der Waals surface area contributed by atoms with Crippen molar-refractivity contribution in [3.63, 3.8) is 0 Å². The van der Waals surface area contributed by atoms with Crippen LogP contribution >= 0.6 is 0 Å². The van der Waals surface area contributed by atoms with Gasteiger partial charge in [-0.3, -0.25) is 4.79 Å². The standard InChI is InChI=1S/C22H30O3/c1-4-20-11-8-17-16(18(20)10-13-22(20,24)5-2)9-12-21(25-3)14-15(23)6-7-19(17)21/h2,10,13,16-19,24H,4,6-9,11-12,14H2,1,3H3. The third-order valence-electron chi connectivity index (χ3n) is 8.46. The molecule has 0 bridgehead atoms. The normalized spacial score (nSPS) is 51.4. The summed E-state index contributed by atoms with van der Waals surface area (Å²) in [5.74, 6) is 5.02. The highest BCUT2D eigenvalue weighted by Gasteiger charge is 2.63. The first-order valence-corrected chi connectivity index (χ1v) is 9.91. The maximum absolute atomic E-state index is 12.1. The van der Waals surface area contributed by atoms with Crippen molar-refractivity contribution in [2.24, 2.45) is 29.1 Å². The van der Waals surface area contributed by atoms with E-state index in [-0.39, 0.29) is 11.0 Å². The first-order valence-electron chi connectivity index (χ1n) is 9.91. The van der Waals surface area contributed by atoms with Crippen molar-refractivity contribution in [2.45, 2.75) is 69.5 Å². The molecule has 1 N–H and O–H groups in total. The van der Waals surface area contributed by atoms with Crippen LogP contribution in [0.2, 0.25) is 0 Å². The molecule has 0 amide bonds. The molecule has 7 unspecified atom stereocenters. The van der Waals surface area contributed by atoms with Gasteiger partial charge < -0.3 is 9.84 Å². The fourth-order valence-corrected chi connectivity index (χ4v) is 7.18. The van der Waals surface area contributed by atoms with Crippen LogP contribution in [0.4, 0.5) is 0 Å². The summed E-state index contributed by atoms with van der Waals surface area (Å²) in [5.41, 5.74) is -1.55. The molecule has 4 aliphatic carbocycles. The van der Waals surface area contributed by atoms with E-state index in [1.54, 1.807) is 7.11 Å². The highest BCUT2D eigenvalue weighted by atomic mass is 16.5. The van der Waals surface area contributed by atoms with Gasteiger partial charge >= 0.3 is 0 Å². The van der Waals surface area contributed by atoms with E-state index in [9.17, 15) is 9.90 Å². The second-order valence-corrected chi connectivity index (χ2v) is 8.84. The lowest BCUT2D eigenvalue weighted by molar-refractivity contribution is -0.179. The molecule has 3 nitrogen and oxygen atoms in total. The summed E-state index contributed by atoms with van der Waals surface area (Å²) in [5, 5.41) is 11.1. The Bertz CT molecular complexity index is 646. The van der Waals surface area contributed by atoms with Crippen LogP contribution in [0.15, 0.2) is 12.2 Å². The number of fused-ring (bicyclic) bond motifs is 5. The van der Waals surface area contributed by atoms with E-state index in [4.69, 9.17) is 11.2 Å². The number of allylic oxidation sites excluding steroid dienone is 1. The van der Waals surface area contributed by atoms with Crippen LogP contribution in [0.1, 0.15) is 58.3 Å². The number of rotatable bonds is 2. The first-order chi connectivity index (χ1) is 12.0. The van der Waals surface area contributed by atoms with Gasteiger partial charge in [-0.05, 0) is 68.3 Å². The molecule has 4 aliphatic rings. The second kappa shape index (κ2) is 5.69. The lowest BCUT2D eigenvalue weighted by Crippen LogP contribution is -2.59. The van der Waals surface area contributed by atoms with Crippen molar-refractivity contribution in [1.82, 2.24) is 0 Å². The highest BCUT2D eigenvalue weighted by molar-refractivity contribution is 5.80. The summed E-state index contributed by atoms with van der Waals surface area (Å²) in [4.78, 5) is 12.1. The number of carbonyl (C=O) groups is 1. The summed E-state index contributed by atoms with van der Waals surface area (Å²) in [6, 6.07) is 0. The molecule has 0 aromatic carbocycles. The Hall–Kier alpha value is -1.11. The topological polar surface area (TPSA) is 46.5 Å². The van der Waals surface area contributed by atoms with Gasteiger partial charge in [-0.1, -0.05) is 18.9 Å². The molecule has 25 heavy (non-hydrogen) atoms. The van der Waals surface area contributed by atoms with E-state index in [1.165, 1.54) is 0 Å². The molecule has 0 radical (unpaired) electrons. The van der Waals surface area contributed by atoms with E-state index in [0.29, 0.717) is 42.3 Å². The van der Waals surface area contributed by atoms with Gasteiger partial charge in [-0.2, -0.15) is 0 Å². The van der Waals surface area contributed by atoms with Gasteiger partial charge in [0.1, 0.15) is 11.4 Å². The molecule has 0 spiro atoms. The van der Waals surface area contributed by atoms with Crippen LogP contribution in [0.5, 0.6) is 0 Å². The van der Waals surface area contributed by atoms with Crippen LogP contribution in [0, 0.1) is 41.4 Å². The van der Waals surface area contributed by atoms with Gasteiger partial charge in [0.25, 0.3) is 0 Å². The molecule has 7 atom stereocenters. The number of ketones is 1. The quantitative estimate of drug-likeness (QED) is 0.617. The highest BCUT2D eigenvalue weighted by Crippen LogP contribution is 2.65. The van der Waals surface area contributed by atoms with Crippen molar-refractivity contribution in [2.75, 3.05) is 7.11 Å². The number of terminal acetylenes is 1. The average molecular weight is 342 g/mol.